The number of likely N-dealkylation sites (tertiary alicyclic amines) is 1. The van der Waals surface area contributed by atoms with Gasteiger partial charge in [-0.2, -0.15) is 0 Å². The molecule has 2 rings (SSSR count). The summed E-state index contributed by atoms with van der Waals surface area (Å²) in [4.78, 5) is 18.0. The lowest BCUT2D eigenvalue weighted by molar-refractivity contribution is -0.118. The number of piperidine rings is 1. The van der Waals surface area contributed by atoms with Crippen LogP contribution >= 0.6 is 11.3 Å². The molecule has 1 aromatic rings. The zero-order chi connectivity index (χ0) is 14.2. The predicted octanol–water partition coefficient (Wildman–Crippen LogP) is 0.911. The number of anilines is 1. The number of nitrogens with one attached hydrogen (secondary N) is 1. The van der Waals surface area contributed by atoms with Crippen LogP contribution in [-0.2, 0) is 9.53 Å². The van der Waals surface area contributed by atoms with Crippen molar-refractivity contribution >= 4 is 22.4 Å². The molecule has 1 aromatic heterocycles. The van der Waals surface area contributed by atoms with Gasteiger partial charge in [0, 0.05) is 31.3 Å². The highest BCUT2D eigenvalue weighted by Gasteiger charge is 2.21. The van der Waals surface area contributed by atoms with Gasteiger partial charge >= 0.3 is 0 Å². The van der Waals surface area contributed by atoms with Gasteiger partial charge in [-0.05, 0) is 25.8 Å². The maximum Gasteiger partial charge on any atom is 0.240 e. The van der Waals surface area contributed by atoms with Gasteiger partial charge in [-0.3, -0.25) is 9.69 Å². The molecular weight excluding hydrogens is 276 g/mol. The zero-order valence-corrected chi connectivity index (χ0v) is 12.4. The van der Waals surface area contributed by atoms with Crippen molar-refractivity contribution in [2.75, 3.05) is 38.1 Å². The second kappa shape index (κ2) is 8.31. The summed E-state index contributed by atoms with van der Waals surface area (Å²) < 4.78 is 5.75. The fourth-order valence-electron chi connectivity index (χ4n) is 2.21. The van der Waals surface area contributed by atoms with E-state index in [4.69, 9.17) is 10.5 Å². The van der Waals surface area contributed by atoms with Crippen LogP contribution in [0.25, 0.3) is 0 Å². The summed E-state index contributed by atoms with van der Waals surface area (Å²) in [6.45, 7) is 3.65. The van der Waals surface area contributed by atoms with Crippen molar-refractivity contribution in [3.05, 3.63) is 11.6 Å². The van der Waals surface area contributed by atoms with Gasteiger partial charge < -0.3 is 15.8 Å². The number of hydrogen-bond donors (Lipinski definition) is 2. The van der Waals surface area contributed by atoms with Crippen molar-refractivity contribution in [2.45, 2.75) is 25.4 Å². The number of ether oxygens (including phenoxy) is 1. The Morgan fingerprint density at radius 1 is 1.55 bits per heavy atom. The van der Waals surface area contributed by atoms with Gasteiger partial charge in [0.05, 0.1) is 12.6 Å². The van der Waals surface area contributed by atoms with E-state index in [-0.39, 0.29) is 5.91 Å². The number of carbonyl (C=O) groups excluding carboxylic acids is 1. The first-order valence-electron chi connectivity index (χ1n) is 7.01. The average Bonchev–Trinajstić information content (AvgIpc) is 2.94. The Hall–Kier alpha value is -1.02. The van der Waals surface area contributed by atoms with E-state index in [2.05, 4.69) is 15.2 Å². The predicted molar refractivity (Wildman–Crippen MR) is 79.8 cm³/mol. The molecule has 2 heterocycles. The number of nitrogens with two attached hydrogens (primary N) is 1. The quantitative estimate of drug-likeness (QED) is 0.731. The molecule has 0 spiro atoms. The number of carbonyl (C=O) groups is 1. The first-order valence-corrected chi connectivity index (χ1v) is 7.89. The van der Waals surface area contributed by atoms with Gasteiger partial charge in [0.25, 0.3) is 0 Å². The van der Waals surface area contributed by atoms with E-state index in [1.165, 1.54) is 11.3 Å². The van der Waals surface area contributed by atoms with Gasteiger partial charge in [0.2, 0.25) is 5.91 Å². The summed E-state index contributed by atoms with van der Waals surface area (Å²) in [6.07, 6.45) is 4.88. The van der Waals surface area contributed by atoms with Crippen molar-refractivity contribution in [3.63, 3.8) is 0 Å². The molecule has 20 heavy (non-hydrogen) atoms. The van der Waals surface area contributed by atoms with Crippen LogP contribution in [0, 0.1) is 0 Å². The highest BCUT2D eigenvalue weighted by Crippen LogP contribution is 2.14. The van der Waals surface area contributed by atoms with Gasteiger partial charge in [-0.1, -0.05) is 0 Å². The molecule has 7 heteroatoms. The Bertz CT molecular complexity index is 391. The zero-order valence-electron chi connectivity index (χ0n) is 11.6. The van der Waals surface area contributed by atoms with Crippen LogP contribution in [0.15, 0.2) is 11.6 Å². The van der Waals surface area contributed by atoms with E-state index < -0.39 is 0 Å². The molecule has 1 aliphatic heterocycles. The molecule has 0 atom stereocenters. The molecule has 6 nitrogen and oxygen atoms in total. The Balaban J connectivity index is 1.62. The van der Waals surface area contributed by atoms with Crippen LogP contribution in [-0.4, -0.2) is 54.7 Å². The van der Waals surface area contributed by atoms with Gasteiger partial charge in [-0.15, -0.1) is 11.3 Å². The largest absolute Gasteiger partial charge is 0.378 e. The molecule has 1 fully saturated rings. The number of aromatic nitrogens is 1. The van der Waals surface area contributed by atoms with Crippen LogP contribution in [0.3, 0.4) is 0 Å². The summed E-state index contributed by atoms with van der Waals surface area (Å²) in [5, 5.41) is 5.31. The van der Waals surface area contributed by atoms with Crippen LogP contribution < -0.4 is 11.1 Å². The Morgan fingerprint density at radius 2 is 2.35 bits per heavy atom. The summed E-state index contributed by atoms with van der Waals surface area (Å²) in [5.74, 6) is 0.00227. The number of thiazole rings is 1. The molecule has 0 unspecified atom stereocenters. The van der Waals surface area contributed by atoms with E-state index in [1.54, 1.807) is 6.20 Å². The Kier molecular flexibility index (Phi) is 6.38. The minimum atomic E-state index is 0.00227. The molecule has 1 amide bonds. The first kappa shape index (κ1) is 15.4. The van der Waals surface area contributed by atoms with Crippen molar-refractivity contribution in [1.82, 2.24) is 9.88 Å². The number of amides is 1. The summed E-state index contributed by atoms with van der Waals surface area (Å²) in [6, 6.07) is 0. The van der Waals surface area contributed by atoms with E-state index in [0.717, 1.165) is 39.0 Å². The normalized spacial score (nSPS) is 17.2. The van der Waals surface area contributed by atoms with E-state index in [9.17, 15) is 4.79 Å². The first-order chi connectivity index (χ1) is 9.78. The third-order valence-electron chi connectivity index (χ3n) is 3.28. The van der Waals surface area contributed by atoms with E-state index in [0.29, 0.717) is 24.3 Å². The van der Waals surface area contributed by atoms with Crippen molar-refractivity contribution in [3.8, 4) is 0 Å². The SMILES string of the molecule is NCCCOC1CCN(CC(=O)Nc2nccs2)CC1. The van der Waals surface area contributed by atoms with Crippen molar-refractivity contribution in [1.29, 1.82) is 0 Å². The molecular formula is C13H22N4O2S. The fourth-order valence-corrected chi connectivity index (χ4v) is 2.76. The maximum absolute atomic E-state index is 11.8. The average molecular weight is 298 g/mol. The Morgan fingerprint density at radius 3 is 3.00 bits per heavy atom. The molecule has 0 saturated carbocycles. The van der Waals surface area contributed by atoms with Gasteiger partial charge in [0.1, 0.15) is 0 Å². The second-order valence-corrected chi connectivity index (χ2v) is 5.77. The third kappa shape index (κ3) is 5.16. The lowest BCUT2D eigenvalue weighted by Crippen LogP contribution is -2.41. The van der Waals surface area contributed by atoms with Crippen LogP contribution in [0.1, 0.15) is 19.3 Å². The molecule has 0 radical (unpaired) electrons. The minimum Gasteiger partial charge on any atom is -0.378 e. The van der Waals surface area contributed by atoms with Crippen LogP contribution in [0.5, 0.6) is 0 Å². The number of rotatable bonds is 7. The molecule has 1 saturated heterocycles. The topological polar surface area (TPSA) is 80.5 Å². The minimum absolute atomic E-state index is 0.00227. The second-order valence-electron chi connectivity index (χ2n) is 4.87. The summed E-state index contributed by atoms with van der Waals surface area (Å²) in [7, 11) is 0. The summed E-state index contributed by atoms with van der Waals surface area (Å²) >= 11 is 1.43. The van der Waals surface area contributed by atoms with Crippen LogP contribution in [0.2, 0.25) is 0 Å². The number of hydrogen-bond acceptors (Lipinski definition) is 6. The van der Waals surface area contributed by atoms with E-state index in [1.807, 2.05) is 5.38 Å². The van der Waals surface area contributed by atoms with Crippen LogP contribution in [0.4, 0.5) is 5.13 Å². The third-order valence-corrected chi connectivity index (χ3v) is 3.97. The van der Waals surface area contributed by atoms with Crippen molar-refractivity contribution in [2.24, 2.45) is 5.73 Å². The van der Waals surface area contributed by atoms with Gasteiger partial charge in [0.15, 0.2) is 5.13 Å². The monoisotopic (exact) mass is 298 g/mol. The highest BCUT2D eigenvalue weighted by molar-refractivity contribution is 7.13. The van der Waals surface area contributed by atoms with E-state index >= 15 is 0 Å². The van der Waals surface area contributed by atoms with Gasteiger partial charge in [-0.25, -0.2) is 4.98 Å². The smallest absolute Gasteiger partial charge is 0.240 e. The Labute approximate surface area is 123 Å². The molecule has 3 N–H and O–H groups in total. The highest BCUT2D eigenvalue weighted by atomic mass is 32.1. The molecule has 0 aliphatic carbocycles. The maximum atomic E-state index is 11.8. The lowest BCUT2D eigenvalue weighted by Gasteiger charge is -2.31. The lowest BCUT2D eigenvalue weighted by atomic mass is 10.1. The molecule has 1 aliphatic rings. The molecule has 0 aromatic carbocycles. The van der Waals surface area contributed by atoms with Crippen molar-refractivity contribution < 1.29 is 9.53 Å². The standard InChI is InChI=1S/C13H22N4O2S/c14-4-1-8-19-11-2-6-17(7-3-11)10-12(18)16-13-15-5-9-20-13/h5,9,11H,1-4,6-8,10,14H2,(H,15,16,18). The molecule has 0 bridgehead atoms. The fraction of sp³-hybridized carbons (Fsp3) is 0.692. The number of nitrogens with zero attached hydrogens (tertiary/aromatic N) is 2. The summed E-state index contributed by atoms with van der Waals surface area (Å²) in [5.41, 5.74) is 5.44. The molecule has 112 valence electrons.